The zero-order valence-corrected chi connectivity index (χ0v) is 10.7. The Labute approximate surface area is 104 Å². The standard InChI is InChI=1S/C14H22N2O/c1-2-12-7-6-10-16(12)13(17)14(11-15)8-4-3-5-9-14/h12H,2-10H2,1H3. The van der Waals surface area contributed by atoms with Gasteiger partial charge in [-0.15, -0.1) is 0 Å². The van der Waals surface area contributed by atoms with Gasteiger partial charge in [0.1, 0.15) is 5.41 Å². The second-order valence-corrected chi connectivity index (χ2v) is 5.46. The molecule has 1 saturated heterocycles. The minimum atomic E-state index is -0.685. The van der Waals surface area contributed by atoms with Crippen molar-refractivity contribution in [2.75, 3.05) is 6.54 Å². The molecule has 3 heteroatoms. The lowest BCUT2D eigenvalue weighted by Crippen LogP contribution is -2.46. The monoisotopic (exact) mass is 234 g/mol. The van der Waals surface area contributed by atoms with E-state index in [0.717, 1.165) is 51.5 Å². The minimum absolute atomic E-state index is 0.129. The maximum Gasteiger partial charge on any atom is 0.243 e. The van der Waals surface area contributed by atoms with E-state index in [2.05, 4.69) is 13.0 Å². The highest BCUT2D eigenvalue weighted by Gasteiger charge is 2.44. The van der Waals surface area contributed by atoms with Crippen LogP contribution in [0.3, 0.4) is 0 Å². The van der Waals surface area contributed by atoms with Crippen molar-refractivity contribution in [3.05, 3.63) is 0 Å². The number of likely N-dealkylation sites (tertiary alicyclic amines) is 1. The third-order valence-electron chi connectivity index (χ3n) is 4.44. The Morgan fingerprint density at radius 2 is 2.06 bits per heavy atom. The lowest BCUT2D eigenvalue weighted by atomic mass is 9.74. The van der Waals surface area contributed by atoms with Gasteiger partial charge in [-0.05, 0) is 32.1 Å². The first-order chi connectivity index (χ1) is 8.23. The van der Waals surface area contributed by atoms with Crippen molar-refractivity contribution < 1.29 is 4.79 Å². The Balaban J connectivity index is 2.14. The molecule has 0 radical (unpaired) electrons. The topological polar surface area (TPSA) is 44.1 Å². The van der Waals surface area contributed by atoms with Gasteiger partial charge in [-0.2, -0.15) is 5.26 Å². The summed E-state index contributed by atoms with van der Waals surface area (Å²) in [6.07, 6.45) is 8.02. The largest absolute Gasteiger partial charge is 0.338 e. The molecule has 1 heterocycles. The Hall–Kier alpha value is -1.04. The van der Waals surface area contributed by atoms with E-state index >= 15 is 0 Å². The number of carbonyl (C=O) groups is 1. The summed E-state index contributed by atoms with van der Waals surface area (Å²) in [5.74, 6) is 0.129. The van der Waals surface area contributed by atoms with Gasteiger partial charge < -0.3 is 4.90 Å². The number of hydrogen-bond donors (Lipinski definition) is 0. The van der Waals surface area contributed by atoms with Gasteiger partial charge in [0.15, 0.2) is 0 Å². The maximum absolute atomic E-state index is 12.6. The van der Waals surface area contributed by atoms with Crippen LogP contribution < -0.4 is 0 Å². The van der Waals surface area contributed by atoms with Gasteiger partial charge in [0.2, 0.25) is 5.91 Å². The Kier molecular flexibility index (Phi) is 3.71. The van der Waals surface area contributed by atoms with Gasteiger partial charge >= 0.3 is 0 Å². The average Bonchev–Trinajstić information content (AvgIpc) is 2.86. The van der Waals surface area contributed by atoms with E-state index in [4.69, 9.17) is 0 Å². The predicted octanol–water partition coefficient (Wildman–Crippen LogP) is 2.86. The summed E-state index contributed by atoms with van der Waals surface area (Å²) in [7, 11) is 0. The molecule has 17 heavy (non-hydrogen) atoms. The number of carbonyl (C=O) groups excluding carboxylic acids is 1. The Bertz CT molecular complexity index is 326. The van der Waals surface area contributed by atoms with Crippen LogP contribution in [-0.2, 0) is 4.79 Å². The molecular formula is C14H22N2O. The van der Waals surface area contributed by atoms with Crippen LogP contribution in [0.25, 0.3) is 0 Å². The van der Waals surface area contributed by atoms with Crippen molar-refractivity contribution in [2.45, 2.75) is 64.3 Å². The van der Waals surface area contributed by atoms with Crippen molar-refractivity contribution in [1.82, 2.24) is 4.90 Å². The molecule has 1 saturated carbocycles. The molecule has 0 spiro atoms. The highest BCUT2D eigenvalue weighted by Crippen LogP contribution is 2.39. The van der Waals surface area contributed by atoms with Crippen molar-refractivity contribution in [1.29, 1.82) is 5.26 Å². The normalized spacial score (nSPS) is 27.8. The van der Waals surface area contributed by atoms with Gasteiger partial charge in [0.05, 0.1) is 6.07 Å². The third-order valence-corrected chi connectivity index (χ3v) is 4.44. The summed E-state index contributed by atoms with van der Waals surface area (Å²) in [6.45, 7) is 3.00. The molecule has 2 aliphatic rings. The van der Waals surface area contributed by atoms with Crippen molar-refractivity contribution in [2.24, 2.45) is 5.41 Å². The smallest absolute Gasteiger partial charge is 0.243 e. The van der Waals surface area contributed by atoms with E-state index in [1.54, 1.807) is 0 Å². The van der Waals surface area contributed by atoms with Gasteiger partial charge in [-0.1, -0.05) is 26.2 Å². The van der Waals surface area contributed by atoms with E-state index in [0.29, 0.717) is 6.04 Å². The second kappa shape index (κ2) is 5.08. The zero-order valence-electron chi connectivity index (χ0n) is 10.7. The molecule has 2 rings (SSSR count). The highest BCUT2D eigenvalue weighted by atomic mass is 16.2. The molecule has 94 valence electrons. The SMILES string of the molecule is CCC1CCCN1C(=O)C1(C#N)CCCCC1. The Morgan fingerprint density at radius 3 is 2.65 bits per heavy atom. The molecule has 0 aromatic heterocycles. The molecule has 3 nitrogen and oxygen atoms in total. The van der Waals surface area contributed by atoms with E-state index in [1.165, 1.54) is 6.42 Å². The molecule has 2 fully saturated rings. The molecular weight excluding hydrogens is 212 g/mol. The molecule has 1 aliphatic carbocycles. The summed E-state index contributed by atoms with van der Waals surface area (Å²) in [6, 6.07) is 2.73. The molecule has 1 aliphatic heterocycles. The van der Waals surface area contributed by atoms with Crippen LogP contribution in [0.5, 0.6) is 0 Å². The molecule has 1 atom stereocenters. The maximum atomic E-state index is 12.6. The van der Waals surface area contributed by atoms with E-state index in [1.807, 2.05) is 4.90 Å². The quantitative estimate of drug-likeness (QED) is 0.737. The fourth-order valence-electron chi connectivity index (χ4n) is 3.33. The number of nitrogens with zero attached hydrogens (tertiary/aromatic N) is 2. The Morgan fingerprint density at radius 1 is 1.35 bits per heavy atom. The van der Waals surface area contributed by atoms with Gasteiger partial charge in [-0.25, -0.2) is 0 Å². The van der Waals surface area contributed by atoms with E-state index in [9.17, 15) is 10.1 Å². The number of rotatable bonds is 2. The van der Waals surface area contributed by atoms with Crippen LogP contribution in [0, 0.1) is 16.7 Å². The fourth-order valence-corrected chi connectivity index (χ4v) is 3.33. The average molecular weight is 234 g/mol. The lowest BCUT2D eigenvalue weighted by molar-refractivity contribution is -0.141. The molecule has 0 N–H and O–H groups in total. The van der Waals surface area contributed by atoms with Gasteiger partial charge in [-0.3, -0.25) is 4.79 Å². The van der Waals surface area contributed by atoms with Crippen molar-refractivity contribution in [3.8, 4) is 6.07 Å². The predicted molar refractivity (Wildman–Crippen MR) is 66.2 cm³/mol. The van der Waals surface area contributed by atoms with Crippen LogP contribution in [0.4, 0.5) is 0 Å². The summed E-state index contributed by atoms with van der Waals surface area (Å²) >= 11 is 0. The molecule has 1 amide bonds. The van der Waals surface area contributed by atoms with Gasteiger partial charge in [0.25, 0.3) is 0 Å². The third kappa shape index (κ3) is 2.18. The highest BCUT2D eigenvalue weighted by molar-refractivity contribution is 5.86. The number of hydrogen-bond acceptors (Lipinski definition) is 2. The summed E-state index contributed by atoms with van der Waals surface area (Å²) < 4.78 is 0. The first-order valence-corrected chi connectivity index (χ1v) is 6.96. The van der Waals surface area contributed by atoms with Crippen LogP contribution in [0.2, 0.25) is 0 Å². The lowest BCUT2D eigenvalue weighted by Gasteiger charge is -2.35. The van der Waals surface area contributed by atoms with Crippen molar-refractivity contribution >= 4 is 5.91 Å². The van der Waals surface area contributed by atoms with Gasteiger partial charge in [0, 0.05) is 12.6 Å². The number of amides is 1. The van der Waals surface area contributed by atoms with Crippen LogP contribution in [0.1, 0.15) is 58.3 Å². The first-order valence-electron chi connectivity index (χ1n) is 6.96. The van der Waals surface area contributed by atoms with Crippen LogP contribution in [0.15, 0.2) is 0 Å². The molecule has 0 bridgehead atoms. The van der Waals surface area contributed by atoms with E-state index < -0.39 is 5.41 Å². The molecule has 1 unspecified atom stereocenters. The second-order valence-electron chi connectivity index (χ2n) is 5.46. The minimum Gasteiger partial charge on any atom is -0.338 e. The fraction of sp³-hybridized carbons (Fsp3) is 0.857. The zero-order chi connectivity index (χ0) is 12.3. The van der Waals surface area contributed by atoms with Crippen LogP contribution in [-0.4, -0.2) is 23.4 Å². The first kappa shape index (κ1) is 12.4. The van der Waals surface area contributed by atoms with Crippen LogP contribution >= 0.6 is 0 Å². The summed E-state index contributed by atoms with van der Waals surface area (Å²) in [5, 5.41) is 9.43. The van der Waals surface area contributed by atoms with E-state index in [-0.39, 0.29) is 5.91 Å². The number of nitriles is 1. The summed E-state index contributed by atoms with van der Waals surface area (Å²) in [5.41, 5.74) is -0.685. The van der Waals surface area contributed by atoms with Crippen molar-refractivity contribution in [3.63, 3.8) is 0 Å². The summed E-state index contributed by atoms with van der Waals surface area (Å²) in [4.78, 5) is 14.6. The molecule has 0 aromatic rings. The molecule has 0 aromatic carbocycles.